The first-order chi connectivity index (χ1) is 9.66. The Morgan fingerprint density at radius 1 is 0.950 bits per heavy atom. The molecule has 0 saturated carbocycles. The van der Waals surface area contributed by atoms with Gasteiger partial charge in [0.25, 0.3) is 0 Å². The molecule has 0 bridgehead atoms. The van der Waals surface area contributed by atoms with Crippen LogP contribution >= 0.6 is 0 Å². The number of rotatable bonds is 6. The van der Waals surface area contributed by atoms with Crippen molar-refractivity contribution in [3.8, 4) is 11.5 Å². The highest BCUT2D eigenvalue weighted by Crippen LogP contribution is 2.15. The fourth-order valence-electron chi connectivity index (χ4n) is 1.64. The summed E-state index contributed by atoms with van der Waals surface area (Å²) in [7, 11) is -1.53. The average Bonchev–Trinajstić information content (AvgIpc) is 2.45. The summed E-state index contributed by atoms with van der Waals surface area (Å²) < 4.78 is 23.9. The Balaban J connectivity index is 1.82. The van der Waals surface area contributed by atoms with Gasteiger partial charge in [-0.15, -0.1) is 0 Å². The zero-order valence-electron chi connectivity index (χ0n) is 10.7. The SMILES string of the molecule is OB(O)c1cccc(OCCOc2ccccc2F)c1. The van der Waals surface area contributed by atoms with Crippen LogP contribution in [0.4, 0.5) is 4.39 Å². The third kappa shape index (κ3) is 3.98. The van der Waals surface area contributed by atoms with Gasteiger partial charge in [0.05, 0.1) is 0 Å². The van der Waals surface area contributed by atoms with Crippen LogP contribution in [0.25, 0.3) is 0 Å². The lowest BCUT2D eigenvalue weighted by Gasteiger charge is -2.09. The van der Waals surface area contributed by atoms with E-state index in [9.17, 15) is 4.39 Å². The van der Waals surface area contributed by atoms with Gasteiger partial charge in [0, 0.05) is 0 Å². The molecule has 6 heteroatoms. The van der Waals surface area contributed by atoms with Crippen molar-refractivity contribution in [2.75, 3.05) is 13.2 Å². The highest BCUT2D eigenvalue weighted by molar-refractivity contribution is 6.58. The first-order valence-corrected chi connectivity index (χ1v) is 6.13. The van der Waals surface area contributed by atoms with Crippen LogP contribution in [-0.4, -0.2) is 30.4 Å². The number of benzene rings is 2. The monoisotopic (exact) mass is 276 g/mol. The van der Waals surface area contributed by atoms with Gasteiger partial charge in [0.2, 0.25) is 0 Å². The zero-order chi connectivity index (χ0) is 14.4. The quantitative estimate of drug-likeness (QED) is 0.609. The molecular formula is C14H14BFO4. The lowest BCUT2D eigenvalue weighted by atomic mass is 9.80. The van der Waals surface area contributed by atoms with E-state index in [1.165, 1.54) is 18.2 Å². The molecule has 0 aliphatic heterocycles. The van der Waals surface area contributed by atoms with Gasteiger partial charge in [0.1, 0.15) is 19.0 Å². The Morgan fingerprint density at radius 2 is 1.70 bits per heavy atom. The lowest BCUT2D eigenvalue weighted by molar-refractivity contribution is 0.211. The molecule has 2 N–H and O–H groups in total. The van der Waals surface area contributed by atoms with Crippen LogP contribution in [0.5, 0.6) is 11.5 Å². The van der Waals surface area contributed by atoms with Crippen LogP contribution in [0, 0.1) is 5.82 Å². The molecule has 0 aliphatic carbocycles. The fraction of sp³-hybridized carbons (Fsp3) is 0.143. The standard InChI is InChI=1S/C14H14BFO4/c16-13-6-1-2-7-14(13)20-9-8-19-12-5-3-4-11(10-12)15(17)18/h1-7,10,17-18H,8-9H2. The van der Waals surface area contributed by atoms with Gasteiger partial charge in [-0.2, -0.15) is 0 Å². The topological polar surface area (TPSA) is 58.9 Å². The zero-order valence-corrected chi connectivity index (χ0v) is 10.7. The second-order valence-corrected chi connectivity index (χ2v) is 4.07. The van der Waals surface area contributed by atoms with Crippen LogP contribution < -0.4 is 14.9 Å². The minimum atomic E-state index is -1.53. The third-order valence-electron chi connectivity index (χ3n) is 2.60. The molecule has 4 nitrogen and oxygen atoms in total. The van der Waals surface area contributed by atoms with Crippen LogP contribution in [-0.2, 0) is 0 Å². The maximum absolute atomic E-state index is 13.3. The Kier molecular flexibility index (Phi) is 4.98. The fourth-order valence-corrected chi connectivity index (χ4v) is 1.64. The molecule has 0 amide bonds. The molecule has 0 unspecified atom stereocenters. The summed E-state index contributed by atoms with van der Waals surface area (Å²) in [4.78, 5) is 0. The van der Waals surface area contributed by atoms with E-state index < -0.39 is 12.9 Å². The molecule has 0 heterocycles. The van der Waals surface area contributed by atoms with Crippen LogP contribution in [0.3, 0.4) is 0 Å². The smallest absolute Gasteiger partial charge is 0.488 e. The van der Waals surface area contributed by atoms with Gasteiger partial charge >= 0.3 is 7.12 Å². The molecule has 2 aromatic carbocycles. The Labute approximate surface area is 116 Å². The molecule has 0 radical (unpaired) electrons. The summed E-state index contributed by atoms with van der Waals surface area (Å²) in [5.74, 6) is 0.251. The molecule has 20 heavy (non-hydrogen) atoms. The summed E-state index contributed by atoms with van der Waals surface area (Å²) in [5.41, 5.74) is 0.345. The molecular weight excluding hydrogens is 262 g/mol. The molecule has 0 atom stereocenters. The molecule has 104 valence electrons. The van der Waals surface area contributed by atoms with Gasteiger partial charge in [-0.1, -0.05) is 24.3 Å². The van der Waals surface area contributed by atoms with Crippen molar-refractivity contribution >= 4 is 12.6 Å². The van der Waals surface area contributed by atoms with Crippen molar-refractivity contribution in [1.29, 1.82) is 0 Å². The Morgan fingerprint density at radius 3 is 2.45 bits per heavy atom. The minimum Gasteiger partial charge on any atom is -0.490 e. The molecule has 0 saturated heterocycles. The van der Waals surface area contributed by atoms with Crippen molar-refractivity contribution in [2.24, 2.45) is 0 Å². The number of ether oxygens (including phenoxy) is 2. The minimum absolute atomic E-state index is 0.177. The summed E-state index contributed by atoms with van der Waals surface area (Å²) in [5, 5.41) is 18.1. The Bertz CT molecular complexity index is 562. The van der Waals surface area contributed by atoms with Gasteiger partial charge < -0.3 is 19.5 Å². The van der Waals surface area contributed by atoms with Crippen molar-refractivity contribution in [1.82, 2.24) is 0 Å². The molecule has 0 aromatic heterocycles. The second-order valence-electron chi connectivity index (χ2n) is 4.07. The molecule has 2 aromatic rings. The maximum Gasteiger partial charge on any atom is 0.488 e. The number of halogens is 1. The largest absolute Gasteiger partial charge is 0.490 e. The molecule has 2 rings (SSSR count). The third-order valence-corrected chi connectivity index (χ3v) is 2.60. The summed E-state index contributed by atoms with van der Waals surface area (Å²) in [6, 6.07) is 12.6. The van der Waals surface area contributed by atoms with Crippen molar-refractivity contribution in [3.05, 3.63) is 54.3 Å². The van der Waals surface area contributed by atoms with Gasteiger partial charge in [-0.3, -0.25) is 0 Å². The molecule has 0 spiro atoms. The van der Waals surface area contributed by atoms with Crippen molar-refractivity contribution < 1.29 is 23.9 Å². The average molecular weight is 276 g/mol. The molecule has 0 aliphatic rings. The van der Waals surface area contributed by atoms with Crippen LogP contribution in [0.15, 0.2) is 48.5 Å². The lowest BCUT2D eigenvalue weighted by Crippen LogP contribution is -2.29. The van der Waals surface area contributed by atoms with Crippen molar-refractivity contribution in [3.63, 3.8) is 0 Å². The van der Waals surface area contributed by atoms with E-state index in [2.05, 4.69) is 0 Å². The van der Waals surface area contributed by atoms with E-state index in [1.54, 1.807) is 30.3 Å². The van der Waals surface area contributed by atoms with Crippen molar-refractivity contribution in [2.45, 2.75) is 0 Å². The maximum atomic E-state index is 13.3. The summed E-state index contributed by atoms with van der Waals surface area (Å²) in [6.07, 6.45) is 0. The van der Waals surface area contributed by atoms with E-state index in [1.807, 2.05) is 0 Å². The summed E-state index contributed by atoms with van der Waals surface area (Å²) in [6.45, 7) is 0.409. The predicted octanol–water partition coefficient (Wildman–Crippen LogP) is 0.963. The van der Waals surface area contributed by atoms with Crippen LogP contribution in [0.2, 0.25) is 0 Å². The van der Waals surface area contributed by atoms with Crippen LogP contribution in [0.1, 0.15) is 0 Å². The van der Waals surface area contributed by atoms with E-state index in [0.717, 1.165) is 0 Å². The van der Waals surface area contributed by atoms with Gasteiger partial charge in [-0.25, -0.2) is 4.39 Å². The molecule has 0 fully saturated rings. The van der Waals surface area contributed by atoms with E-state index in [-0.39, 0.29) is 19.0 Å². The number of hydrogen-bond acceptors (Lipinski definition) is 4. The van der Waals surface area contributed by atoms with E-state index in [0.29, 0.717) is 11.2 Å². The Hall–Kier alpha value is -2.05. The van der Waals surface area contributed by atoms with Gasteiger partial charge in [0.15, 0.2) is 11.6 Å². The van der Waals surface area contributed by atoms with E-state index in [4.69, 9.17) is 19.5 Å². The highest BCUT2D eigenvalue weighted by atomic mass is 19.1. The summed E-state index contributed by atoms with van der Waals surface area (Å²) >= 11 is 0. The predicted molar refractivity (Wildman–Crippen MR) is 73.7 cm³/mol. The number of hydrogen-bond donors (Lipinski definition) is 2. The van der Waals surface area contributed by atoms with E-state index >= 15 is 0 Å². The normalized spacial score (nSPS) is 10.2. The second kappa shape index (κ2) is 6.93. The van der Waals surface area contributed by atoms with Gasteiger partial charge in [-0.05, 0) is 29.7 Å². The first-order valence-electron chi connectivity index (χ1n) is 6.13. The highest BCUT2D eigenvalue weighted by Gasteiger charge is 2.11. The first kappa shape index (κ1) is 14.4. The number of para-hydroxylation sites is 1.